The fourth-order valence-electron chi connectivity index (χ4n) is 0.0417. The van der Waals surface area contributed by atoms with Gasteiger partial charge in [-0.1, -0.05) is 22.0 Å². The summed E-state index contributed by atoms with van der Waals surface area (Å²) in [4.78, 5) is 0. The van der Waals surface area contributed by atoms with E-state index in [9.17, 15) is 0 Å². The molecule has 1 heterocycles. The Kier molecular flexibility index (Phi) is 1.75. The molecule has 4 heteroatoms. The molecule has 24 valence electrons. The molecule has 1 aliphatic rings. The van der Waals surface area contributed by atoms with Gasteiger partial charge >= 0.3 is 0 Å². The quantitative estimate of drug-likeness (QED) is 0.459. The van der Waals surface area contributed by atoms with Gasteiger partial charge in [-0.05, 0) is 0 Å². The Morgan fingerprint density at radius 2 is 1.25 bits per heavy atom. The summed E-state index contributed by atoms with van der Waals surface area (Å²) in [6.45, 7) is 2.33. The van der Waals surface area contributed by atoms with Crippen LogP contribution in [0, 0.1) is 0 Å². The van der Waals surface area contributed by atoms with Crippen LogP contribution in [0.1, 0.15) is 0 Å². The summed E-state index contributed by atoms with van der Waals surface area (Å²) in [7, 11) is 0. The van der Waals surface area contributed by atoms with Crippen molar-refractivity contribution in [1.29, 1.82) is 0 Å². The van der Waals surface area contributed by atoms with Crippen molar-refractivity contribution in [3.05, 3.63) is 0 Å². The molecule has 1 aliphatic heterocycles. The van der Waals surface area contributed by atoms with Crippen molar-refractivity contribution in [1.82, 2.24) is 0 Å². The van der Waals surface area contributed by atoms with E-state index in [1.165, 1.54) is 14.0 Å². The summed E-state index contributed by atoms with van der Waals surface area (Å²) < 4.78 is 0. The maximum Gasteiger partial charge on any atom is 0.00870 e. The Morgan fingerprint density at radius 3 is 1.25 bits per heavy atom. The molecule has 0 spiro atoms. The van der Waals surface area contributed by atoms with E-state index in [0.29, 0.717) is 0 Å². The average Bonchev–Trinajstić information content (AvgIpc) is 0.722. The lowest BCUT2D eigenvalue weighted by atomic mass is 29.4. The Labute approximate surface area is 36.4 Å². The Balaban J connectivity index is 2.00. The molecular weight excluding hydrogens is 126 g/mol. The molecule has 0 bridgehead atoms. The lowest BCUT2D eigenvalue weighted by Crippen LogP contribution is -1.25. The van der Waals surface area contributed by atoms with E-state index < -0.39 is 0 Å². The molecule has 0 radical (unpaired) electrons. The van der Waals surface area contributed by atoms with Gasteiger partial charge in [-0.3, -0.25) is 0 Å². The number of hydrogen-bond acceptors (Lipinski definition) is 2. The third-order valence-electron chi connectivity index (χ3n) is 0.167. The topological polar surface area (TPSA) is 0 Å². The van der Waals surface area contributed by atoms with Gasteiger partial charge in [0, 0.05) is 14.0 Å². The lowest BCUT2D eigenvalue weighted by Gasteiger charge is -2.04. The largest absolute Gasteiger partial charge is 0.0903 e. The minimum Gasteiger partial charge on any atom is -0.0903 e. The average molecular weight is 128 g/mol. The Bertz CT molecular complexity index is 12.0. The van der Waals surface area contributed by atoms with Gasteiger partial charge in [0.05, 0.1) is 0 Å². The summed E-state index contributed by atoms with van der Waals surface area (Å²) in [5.74, 6) is 0. The predicted octanol–water partition coefficient (Wildman–Crippen LogP) is 2.48. The molecule has 0 aliphatic carbocycles. The first-order valence-corrected chi connectivity index (χ1v) is 7.35. The van der Waals surface area contributed by atoms with E-state index in [-0.39, 0.29) is 0 Å². The van der Waals surface area contributed by atoms with E-state index in [2.05, 4.69) is 22.0 Å². The highest BCUT2D eigenvalue weighted by Crippen LogP contribution is 2.76. The second-order valence-corrected chi connectivity index (χ2v) is 10.0. The van der Waals surface area contributed by atoms with Gasteiger partial charge in [0.15, 0.2) is 0 Å². The molecule has 0 aromatic heterocycles. The van der Waals surface area contributed by atoms with Gasteiger partial charge in [-0.2, -0.15) is 0 Å². The summed E-state index contributed by atoms with van der Waals surface area (Å²) in [5.41, 5.74) is 0. The highest BCUT2D eigenvalue weighted by atomic mass is 33.6. The van der Waals surface area contributed by atoms with Gasteiger partial charge in [0.2, 0.25) is 0 Å². The second kappa shape index (κ2) is 1.87. The van der Waals surface area contributed by atoms with Gasteiger partial charge in [-0.25, -0.2) is 0 Å². The van der Waals surface area contributed by atoms with E-state index in [4.69, 9.17) is 0 Å². The third kappa shape index (κ3) is 0.755. The summed E-state index contributed by atoms with van der Waals surface area (Å²) in [6.07, 6.45) is 0. The van der Waals surface area contributed by atoms with Crippen molar-refractivity contribution in [3.8, 4) is 0 Å². The molecule has 0 amide bonds. The molecule has 0 saturated carbocycles. The van der Waals surface area contributed by atoms with Crippen molar-refractivity contribution in [2.75, 3.05) is 0 Å². The van der Waals surface area contributed by atoms with Crippen molar-refractivity contribution >= 4 is 36.0 Å². The fraction of sp³-hybridized carbons (Fsp3) is 0. The zero-order chi connectivity index (χ0) is 2.83. The van der Waals surface area contributed by atoms with Crippen LogP contribution < -0.4 is 0 Å². The molecule has 1 fully saturated rings. The zero-order valence-electron chi connectivity index (χ0n) is 1.82. The second-order valence-electron chi connectivity index (χ2n) is 0.371. The summed E-state index contributed by atoms with van der Waals surface area (Å²) >= 11 is 4.11. The van der Waals surface area contributed by atoms with Crippen molar-refractivity contribution in [3.63, 3.8) is 0 Å². The van der Waals surface area contributed by atoms with E-state index in [1.54, 1.807) is 0 Å². The maximum atomic E-state index is 2.06. The Morgan fingerprint density at radius 1 is 1.00 bits per heavy atom. The van der Waals surface area contributed by atoms with Gasteiger partial charge in [0.25, 0.3) is 0 Å². The van der Waals surface area contributed by atoms with Crippen LogP contribution in [0.3, 0.4) is 0 Å². The first-order valence-electron chi connectivity index (χ1n) is 0.816. The molecule has 4 heavy (non-hydrogen) atoms. The van der Waals surface area contributed by atoms with Gasteiger partial charge in [0.1, 0.15) is 0 Å². The first kappa shape index (κ1) is 3.74. The molecule has 0 unspecified atom stereocenters. The van der Waals surface area contributed by atoms with Gasteiger partial charge < -0.3 is 0 Å². The molecule has 0 nitrogen and oxygen atoms in total. The van der Waals surface area contributed by atoms with Crippen molar-refractivity contribution in [2.45, 2.75) is 0 Å². The Hall–Kier alpha value is 1.56. The highest BCUT2D eigenvalue weighted by molar-refractivity contribution is 9.28. The minimum atomic E-state index is 1.17. The molecular formula is H2P2S2. The number of rotatable bonds is 0. The smallest absolute Gasteiger partial charge is 0.00870 e. The van der Waals surface area contributed by atoms with Crippen molar-refractivity contribution < 1.29 is 0 Å². The monoisotopic (exact) mass is 128 g/mol. The lowest BCUT2D eigenvalue weighted by molar-refractivity contribution is 5.23. The predicted molar refractivity (Wildman–Crippen MR) is 31.8 cm³/mol. The first-order chi connectivity index (χ1) is 2.00. The fourth-order valence-corrected chi connectivity index (χ4v) is 3.37. The maximum absolute atomic E-state index is 2.06. The standard InChI is InChI=1S/H2P2S2/c1-3-2-4-1/h1-2H. The van der Waals surface area contributed by atoms with Crippen LogP contribution in [0.15, 0.2) is 0 Å². The SMILES string of the molecule is P1SPS1. The van der Waals surface area contributed by atoms with Crippen LogP contribution in [-0.2, 0) is 0 Å². The van der Waals surface area contributed by atoms with E-state index >= 15 is 0 Å². The van der Waals surface area contributed by atoms with Crippen molar-refractivity contribution in [2.24, 2.45) is 0 Å². The van der Waals surface area contributed by atoms with Crippen LogP contribution in [0.4, 0.5) is 0 Å². The van der Waals surface area contributed by atoms with Crippen LogP contribution >= 0.6 is 36.0 Å². The molecule has 0 N–H and O–H groups in total. The molecule has 1 rings (SSSR count). The zero-order valence-corrected chi connectivity index (χ0v) is 5.45. The van der Waals surface area contributed by atoms with E-state index in [0.717, 1.165) is 0 Å². The molecule has 1 saturated heterocycles. The van der Waals surface area contributed by atoms with Gasteiger partial charge in [-0.15, -0.1) is 0 Å². The molecule has 0 aromatic carbocycles. The normalized spacial score (nSPS) is 36.0. The van der Waals surface area contributed by atoms with Crippen LogP contribution in [0.2, 0.25) is 0 Å². The summed E-state index contributed by atoms with van der Waals surface area (Å²) in [5, 5.41) is 0. The summed E-state index contributed by atoms with van der Waals surface area (Å²) in [6, 6.07) is 0. The van der Waals surface area contributed by atoms with Crippen LogP contribution in [-0.4, -0.2) is 0 Å². The molecule has 0 aromatic rings. The van der Waals surface area contributed by atoms with Crippen LogP contribution in [0.5, 0.6) is 0 Å². The number of hydrogen-bond donors (Lipinski definition) is 0. The highest BCUT2D eigenvalue weighted by Gasteiger charge is 1.96. The van der Waals surface area contributed by atoms with E-state index in [1.807, 2.05) is 0 Å². The minimum absolute atomic E-state index is 1.17. The third-order valence-corrected chi connectivity index (χ3v) is 13.5. The molecule has 0 atom stereocenters. The van der Waals surface area contributed by atoms with Crippen LogP contribution in [0.25, 0.3) is 0 Å².